The van der Waals surface area contributed by atoms with Gasteiger partial charge in [0.15, 0.2) is 0 Å². The van der Waals surface area contributed by atoms with E-state index in [0.29, 0.717) is 19.3 Å². The Morgan fingerprint density at radius 2 is 0.800 bits per heavy atom. The van der Waals surface area contributed by atoms with Crippen LogP contribution in [0.4, 0.5) is 0 Å². The minimum Gasteiger partial charge on any atom is -0.462 e. The van der Waals surface area contributed by atoms with Gasteiger partial charge in [-0.2, -0.15) is 0 Å². The molecule has 3 unspecified atom stereocenters. The number of carbonyl (C=O) groups excluding carboxylic acids is 2. The van der Waals surface area contributed by atoms with Gasteiger partial charge in [-0.25, -0.2) is 0 Å². The van der Waals surface area contributed by atoms with Gasteiger partial charge in [-0.15, -0.1) is 0 Å². The normalized spacial score (nSPS) is 13.2. The number of amides is 1. The van der Waals surface area contributed by atoms with E-state index in [2.05, 4.69) is 38.2 Å². The highest BCUT2D eigenvalue weighted by Gasteiger charge is 2.24. The monoisotopic (exact) mass is 848 g/mol. The highest BCUT2D eigenvalue weighted by Crippen LogP contribution is 2.18. The molecule has 6 heteroatoms. The third-order valence-corrected chi connectivity index (χ3v) is 12.6. The van der Waals surface area contributed by atoms with Gasteiger partial charge in [-0.05, 0) is 51.4 Å². The molecule has 0 rings (SSSR count). The third kappa shape index (κ3) is 43.3. The number of aliphatic hydroxyl groups is 2. The fraction of sp³-hybridized carbons (Fsp3) is 0.926. The van der Waals surface area contributed by atoms with Crippen molar-refractivity contribution in [3.8, 4) is 0 Å². The van der Waals surface area contributed by atoms with E-state index in [4.69, 9.17) is 4.74 Å². The summed E-state index contributed by atoms with van der Waals surface area (Å²) in [4.78, 5) is 26.1. The van der Waals surface area contributed by atoms with Crippen molar-refractivity contribution in [2.45, 2.75) is 315 Å². The van der Waals surface area contributed by atoms with Crippen molar-refractivity contribution in [2.75, 3.05) is 6.61 Å². The van der Waals surface area contributed by atoms with Crippen molar-refractivity contribution >= 4 is 11.9 Å². The molecule has 356 valence electrons. The zero-order valence-electron chi connectivity index (χ0n) is 40.6. The molecule has 0 saturated carbocycles. The highest BCUT2D eigenvalue weighted by atomic mass is 16.5. The number of aliphatic hydroxyl groups excluding tert-OH is 2. The number of esters is 1. The van der Waals surface area contributed by atoms with E-state index < -0.39 is 18.2 Å². The number of unbranched alkanes of at least 4 members (excludes halogenated alkanes) is 35. The maximum Gasteiger partial charge on any atom is 0.306 e. The predicted molar refractivity (Wildman–Crippen MR) is 260 cm³/mol. The van der Waals surface area contributed by atoms with Crippen LogP contribution in [0.2, 0.25) is 0 Å². The second kappa shape index (κ2) is 48.6. The molecule has 0 aliphatic heterocycles. The first-order chi connectivity index (χ1) is 29.5. The molecule has 0 aliphatic rings. The van der Waals surface area contributed by atoms with Gasteiger partial charge in [-0.1, -0.05) is 245 Å². The van der Waals surface area contributed by atoms with E-state index in [9.17, 15) is 19.8 Å². The number of ether oxygens (including phenoxy) is 1. The lowest BCUT2D eigenvalue weighted by atomic mass is 10.0. The van der Waals surface area contributed by atoms with Crippen molar-refractivity contribution in [3.05, 3.63) is 12.2 Å². The van der Waals surface area contributed by atoms with Gasteiger partial charge in [0.25, 0.3) is 0 Å². The lowest BCUT2D eigenvalue weighted by molar-refractivity contribution is -0.151. The molecular weight excluding hydrogens is 743 g/mol. The molecule has 0 saturated heterocycles. The molecule has 0 aromatic heterocycles. The zero-order chi connectivity index (χ0) is 43.8. The molecule has 0 spiro atoms. The molecule has 0 aromatic carbocycles. The highest BCUT2D eigenvalue weighted by molar-refractivity contribution is 5.77. The SMILES string of the molecule is CCCCCCCCC/C=C\CCCCCC(=O)OC(CCCCCCCCCCCCC)CC(=O)NC(CO)C(O)CCCCCCCCCCCCCCCCCC. The topological polar surface area (TPSA) is 95.9 Å². The van der Waals surface area contributed by atoms with E-state index in [1.165, 1.54) is 199 Å². The number of nitrogens with one attached hydrogen (secondary N) is 1. The Morgan fingerprint density at radius 1 is 0.467 bits per heavy atom. The maximum absolute atomic E-state index is 13.2. The van der Waals surface area contributed by atoms with E-state index in [1.54, 1.807) is 0 Å². The van der Waals surface area contributed by atoms with Crippen LogP contribution in [-0.4, -0.2) is 46.9 Å². The summed E-state index contributed by atoms with van der Waals surface area (Å²) in [5, 5.41) is 23.8. The fourth-order valence-corrected chi connectivity index (χ4v) is 8.49. The number of allylic oxidation sites excluding steroid dienone is 2. The Hall–Kier alpha value is -1.40. The summed E-state index contributed by atoms with van der Waals surface area (Å²) >= 11 is 0. The lowest BCUT2D eigenvalue weighted by Crippen LogP contribution is -2.46. The molecule has 1 amide bonds. The summed E-state index contributed by atoms with van der Waals surface area (Å²) in [5.74, 6) is -0.475. The summed E-state index contributed by atoms with van der Waals surface area (Å²) in [5.41, 5.74) is 0. The molecular formula is C54H105NO5. The van der Waals surface area contributed by atoms with Gasteiger partial charge in [0.2, 0.25) is 5.91 Å². The van der Waals surface area contributed by atoms with Crippen molar-refractivity contribution < 1.29 is 24.5 Å². The van der Waals surface area contributed by atoms with Crippen LogP contribution in [0.25, 0.3) is 0 Å². The standard InChI is InChI=1S/C54H105NO5/c1-4-7-10-13-16-19-22-24-26-27-28-31-34-37-40-43-46-52(57)51(49-56)55-53(58)48-50(45-42-39-36-33-30-21-18-15-12-9-6-3)60-54(59)47-44-41-38-35-32-29-25-23-20-17-14-11-8-5-2/h29,32,50-52,56-57H,4-28,30-31,33-49H2,1-3H3,(H,55,58)/b32-29-. The van der Waals surface area contributed by atoms with E-state index in [0.717, 1.165) is 51.4 Å². The van der Waals surface area contributed by atoms with Crippen LogP contribution in [0.1, 0.15) is 297 Å². The van der Waals surface area contributed by atoms with Gasteiger partial charge in [0, 0.05) is 6.42 Å². The molecule has 60 heavy (non-hydrogen) atoms. The van der Waals surface area contributed by atoms with E-state index >= 15 is 0 Å². The van der Waals surface area contributed by atoms with Crippen LogP contribution in [0, 0.1) is 0 Å². The summed E-state index contributed by atoms with van der Waals surface area (Å²) in [6.07, 6.45) is 54.2. The van der Waals surface area contributed by atoms with Crippen LogP contribution >= 0.6 is 0 Å². The van der Waals surface area contributed by atoms with Crippen LogP contribution in [0.5, 0.6) is 0 Å². The third-order valence-electron chi connectivity index (χ3n) is 12.6. The van der Waals surface area contributed by atoms with Crippen molar-refractivity contribution in [1.82, 2.24) is 5.32 Å². The smallest absolute Gasteiger partial charge is 0.306 e. The molecule has 0 radical (unpaired) electrons. The molecule has 6 nitrogen and oxygen atoms in total. The molecule has 0 aliphatic carbocycles. The van der Waals surface area contributed by atoms with Gasteiger partial charge in [0.05, 0.1) is 25.2 Å². The summed E-state index contributed by atoms with van der Waals surface area (Å²) < 4.78 is 5.93. The fourth-order valence-electron chi connectivity index (χ4n) is 8.49. The molecule has 0 aromatic rings. The van der Waals surface area contributed by atoms with Crippen molar-refractivity contribution in [3.63, 3.8) is 0 Å². The van der Waals surface area contributed by atoms with Crippen molar-refractivity contribution in [2.24, 2.45) is 0 Å². The predicted octanol–water partition coefficient (Wildman–Crippen LogP) is 16.1. The van der Waals surface area contributed by atoms with Crippen LogP contribution in [0.3, 0.4) is 0 Å². The Morgan fingerprint density at radius 3 is 1.18 bits per heavy atom. The van der Waals surface area contributed by atoms with E-state index in [-0.39, 0.29) is 24.9 Å². The second-order valence-corrected chi connectivity index (χ2v) is 18.6. The maximum atomic E-state index is 13.2. The number of rotatable bonds is 49. The van der Waals surface area contributed by atoms with Crippen LogP contribution < -0.4 is 5.32 Å². The second-order valence-electron chi connectivity index (χ2n) is 18.6. The Kier molecular flexibility index (Phi) is 47.5. The first-order valence-electron chi connectivity index (χ1n) is 26.9. The first-order valence-corrected chi connectivity index (χ1v) is 26.9. The average Bonchev–Trinajstić information content (AvgIpc) is 3.24. The van der Waals surface area contributed by atoms with Crippen molar-refractivity contribution in [1.29, 1.82) is 0 Å². The number of hydrogen-bond donors (Lipinski definition) is 3. The van der Waals surface area contributed by atoms with Gasteiger partial charge >= 0.3 is 5.97 Å². The molecule has 3 N–H and O–H groups in total. The Labute approximate surface area is 374 Å². The molecule has 3 atom stereocenters. The van der Waals surface area contributed by atoms with Gasteiger partial charge in [0.1, 0.15) is 6.10 Å². The quantitative estimate of drug-likeness (QED) is 0.0322. The van der Waals surface area contributed by atoms with Crippen LogP contribution in [0.15, 0.2) is 12.2 Å². The molecule has 0 bridgehead atoms. The average molecular weight is 848 g/mol. The molecule has 0 fully saturated rings. The largest absolute Gasteiger partial charge is 0.462 e. The zero-order valence-corrected chi connectivity index (χ0v) is 40.6. The van der Waals surface area contributed by atoms with Gasteiger partial charge < -0.3 is 20.3 Å². The molecule has 0 heterocycles. The van der Waals surface area contributed by atoms with Crippen LogP contribution in [-0.2, 0) is 14.3 Å². The minimum absolute atomic E-state index is 0.0787. The summed E-state index contributed by atoms with van der Waals surface area (Å²) in [6.45, 7) is 6.50. The van der Waals surface area contributed by atoms with Gasteiger partial charge in [-0.3, -0.25) is 9.59 Å². The first kappa shape index (κ1) is 58.6. The minimum atomic E-state index is -0.784. The summed E-state index contributed by atoms with van der Waals surface area (Å²) in [6, 6.07) is -0.697. The Bertz CT molecular complexity index is 909. The number of carbonyl (C=O) groups is 2. The summed E-state index contributed by atoms with van der Waals surface area (Å²) in [7, 11) is 0. The Balaban J connectivity index is 4.47. The lowest BCUT2D eigenvalue weighted by Gasteiger charge is -2.24. The number of hydrogen-bond acceptors (Lipinski definition) is 5. The van der Waals surface area contributed by atoms with E-state index in [1.807, 2.05) is 0 Å².